The van der Waals surface area contributed by atoms with Gasteiger partial charge in [-0.1, -0.05) is 15.9 Å². The first-order valence-corrected chi connectivity index (χ1v) is 6.78. The van der Waals surface area contributed by atoms with Gasteiger partial charge in [0.05, 0.1) is 17.3 Å². The number of anilines is 1. The minimum absolute atomic E-state index is 0.0598. The monoisotopic (exact) mass is 314 g/mol. The molecule has 0 spiro atoms. The van der Waals surface area contributed by atoms with Crippen LogP contribution >= 0.6 is 15.9 Å². The number of sulfonamides is 1. The molecule has 0 saturated carbocycles. The average Bonchev–Trinajstić information content (AvgIpc) is 2.30. The van der Waals surface area contributed by atoms with Crippen LogP contribution in [0.2, 0.25) is 0 Å². The van der Waals surface area contributed by atoms with Crippen molar-refractivity contribution in [3.8, 4) is 0 Å². The van der Waals surface area contributed by atoms with Crippen molar-refractivity contribution in [2.24, 2.45) is 0 Å². The van der Waals surface area contributed by atoms with Crippen LogP contribution in [-0.4, -0.2) is 23.6 Å². The molecule has 0 radical (unpaired) electrons. The molecule has 0 atom stereocenters. The molecule has 1 heterocycles. The summed E-state index contributed by atoms with van der Waals surface area (Å²) in [6.07, 6.45) is 2.71. The predicted octanol–water partition coefficient (Wildman–Crippen LogP) is 1.43. The highest BCUT2D eigenvalue weighted by Gasteiger charge is 2.15. The first kappa shape index (κ1) is 11.9. The molecule has 2 aromatic rings. The third-order valence-corrected chi connectivity index (χ3v) is 3.70. The summed E-state index contributed by atoms with van der Waals surface area (Å²) in [6, 6.07) is 6.23. The van der Waals surface area contributed by atoms with E-state index in [-0.39, 0.29) is 10.8 Å². The standard InChI is InChI=1S/C9H7BrN4O2S/c10-7-1-3-8(4-2-7)17(15,16)14-9-11-5-6-12-13-9/h1-6H,(H,11,13,14). The molecule has 17 heavy (non-hydrogen) atoms. The second-order valence-electron chi connectivity index (χ2n) is 3.03. The second kappa shape index (κ2) is 4.76. The molecule has 8 heteroatoms. The summed E-state index contributed by atoms with van der Waals surface area (Å²) >= 11 is 3.23. The number of nitrogens with one attached hydrogen (secondary N) is 1. The van der Waals surface area contributed by atoms with Crippen molar-refractivity contribution in [3.63, 3.8) is 0 Å². The minimum Gasteiger partial charge on any atom is -0.246 e. The lowest BCUT2D eigenvalue weighted by molar-refractivity contribution is 0.600. The third kappa shape index (κ3) is 2.98. The first-order valence-electron chi connectivity index (χ1n) is 4.50. The second-order valence-corrected chi connectivity index (χ2v) is 5.62. The van der Waals surface area contributed by atoms with Crippen molar-refractivity contribution < 1.29 is 8.42 Å². The molecule has 0 aliphatic rings. The predicted molar refractivity (Wildman–Crippen MR) is 64.8 cm³/mol. The fourth-order valence-electron chi connectivity index (χ4n) is 1.09. The van der Waals surface area contributed by atoms with Crippen LogP contribution in [0.25, 0.3) is 0 Å². The minimum atomic E-state index is -3.67. The lowest BCUT2D eigenvalue weighted by Gasteiger charge is -2.05. The maximum absolute atomic E-state index is 11.9. The Hall–Kier alpha value is -1.54. The fraction of sp³-hybridized carbons (Fsp3) is 0. The van der Waals surface area contributed by atoms with Gasteiger partial charge in [-0.3, -0.25) is 0 Å². The number of hydrogen-bond donors (Lipinski definition) is 1. The van der Waals surface area contributed by atoms with Crippen LogP contribution in [-0.2, 0) is 10.0 Å². The summed E-state index contributed by atoms with van der Waals surface area (Å²) in [6.45, 7) is 0. The summed E-state index contributed by atoms with van der Waals surface area (Å²) in [4.78, 5) is 3.87. The van der Waals surface area contributed by atoms with Crippen LogP contribution in [0.1, 0.15) is 0 Å². The van der Waals surface area contributed by atoms with E-state index in [0.29, 0.717) is 0 Å². The molecule has 88 valence electrons. The van der Waals surface area contributed by atoms with Gasteiger partial charge in [0.15, 0.2) is 0 Å². The normalized spacial score (nSPS) is 11.1. The molecule has 0 unspecified atom stereocenters. The van der Waals surface area contributed by atoms with Gasteiger partial charge < -0.3 is 0 Å². The largest absolute Gasteiger partial charge is 0.264 e. The van der Waals surface area contributed by atoms with Crippen molar-refractivity contribution in [2.75, 3.05) is 4.72 Å². The van der Waals surface area contributed by atoms with Crippen molar-refractivity contribution in [1.29, 1.82) is 0 Å². The van der Waals surface area contributed by atoms with E-state index in [4.69, 9.17) is 0 Å². The Labute approximate surface area is 106 Å². The molecule has 0 saturated heterocycles. The van der Waals surface area contributed by atoms with Gasteiger partial charge in [-0.05, 0) is 24.3 Å². The van der Waals surface area contributed by atoms with Crippen LogP contribution in [0.3, 0.4) is 0 Å². The highest BCUT2D eigenvalue weighted by Crippen LogP contribution is 2.16. The Morgan fingerprint density at radius 1 is 1.12 bits per heavy atom. The number of halogens is 1. The molecular formula is C9H7BrN4O2S. The summed E-state index contributed by atoms with van der Waals surface area (Å²) in [5, 5.41) is 7.08. The van der Waals surface area contributed by atoms with Crippen molar-refractivity contribution in [1.82, 2.24) is 15.2 Å². The van der Waals surface area contributed by atoms with Crippen LogP contribution in [0.15, 0.2) is 46.0 Å². The zero-order valence-corrected chi connectivity index (χ0v) is 10.8. The molecule has 0 aliphatic heterocycles. The third-order valence-electron chi connectivity index (χ3n) is 1.83. The SMILES string of the molecule is O=S(=O)(Nc1nccnn1)c1ccc(Br)cc1. The quantitative estimate of drug-likeness (QED) is 0.926. The molecule has 1 N–H and O–H groups in total. The number of aromatic nitrogens is 3. The summed E-state index contributed by atoms with van der Waals surface area (Å²) in [5.74, 6) is -0.0598. The van der Waals surface area contributed by atoms with E-state index >= 15 is 0 Å². The Morgan fingerprint density at radius 2 is 1.82 bits per heavy atom. The van der Waals surface area contributed by atoms with Gasteiger partial charge >= 0.3 is 0 Å². The number of rotatable bonds is 3. The van der Waals surface area contributed by atoms with E-state index in [0.717, 1.165) is 4.47 Å². The van der Waals surface area contributed by atoms with E-state index in [1.54, 1.807) is 12.1 Å². The summed E-state index contributed by atoms with van der Waals surface area (Å²) in [7, 11) is -3.67. The van der Waals surface area contributed by atoms with Crippen LogP contribution in [0.4, 0.5) is 5.95 Å². The molecule has 6 nitrogen and oxygen atoms in total. The molecule has 0 bridgehead atoms. The van der Waals surface area contributed by atoms with Gasteiger partial charge in [0.2, 0.25) is 0 Å². The van der Waals surface area contributed by atoms with Crippen LogP contribution < -0.4 is 4.72 Å². The fourth-order valence-corrected chi connectivity index (χ4v) is 2.30. The molecule has 0 amide bonds. The van der Waals surface area contributed by atoms with Crippen molar-refractivity contribution in [2.45, 2.75) is 4.90 Å². The van der Waals surface area contributed by atoms with Crippen molar-refractivity contribution in [3.05, 3.63) is 41.1 Å². The lowest BCUT2D eigenvalue weighted by atomic mass is 10.4. The van der Waals surface area contributed by atoms with Gasteiger partial charge in [0, 0.05) is 4.47 Å². The maximum atomic E-state index is 11.9. The zero-order valence-electron chi connectivity index (χ0n) is 8.41. The molecule has 1 aromatic heterocycles. The Kier molecular flexibility index (Phi) is 3.34. The van der Waals surface area contributed by atoms with Gasteiger partial charge in [0.1, 0.15) is 0 Å². The van der Waals surface area contributed by atoms with Crippen LogP contribution in [0.5, 0.6) is 0 Å². The van der Waals surface area contributed by atoms with Crippen molar-refractivity contribution >= 4 is 31.9 Å². The van der Waals surface area contributed by atoms with Crippen LogP contribution in [0, 0.1) is 0 Å². The smallest absolute Gasteiger partial charge is 0.246 e. The Balaban J connectivity index is 2.29. The Morgan fingerprint density at radius 3 is 2.41 bits per heavy atom. The van der Waals surface area contributed by atoms with E-state index in [1.807, 2.05) is 0 Å². The zero-order chi connectivity index (χ0) is 12.3. The molecule has 2 rings (SSSR count). The summed E-state index contributed by atoms with van der Waals surface area (Å²) in [5.41, 5.74) is 0. The maximum Gasteiger partial charge on any atom is 0.264 e. The highest BCUT2D eigenvalue weighted by atomic mass is 79.9. The molecule has 0 fully saturated rings. The van der Waals surface area contributed by atoms with E-state index < -0.39 is 10.0 Å². The Bertz CT molecular complexity index is 601. The van der Waals surface area contributed by atoms with Gasteiger partial charge in [-0.2, -0.15) is 5.10 Å². The van der Waals surface area contributed by atoms with E-state index in [1.165, 1.54) is 24.5 Å². The topological polar surface area (TPSA) is 84.8 Å². The van der Waals surface area contributed by atoms with Gasteiger partial charge in [-0.25, -0.2) is 18.1 Å². The average molecular weight is 315 g/mol. The van der Waals surface area contributed by atoms with Gasteiger partial charge in [0.25, 0.3) is 16.0 Å². The van der Waals surface area contributed by atoms with E-state index in [9.17, 15) is 8.42 Å². The number of nitrogens with zero attached hydrogens (tertiary/aromatic N) is 3. The highest BCUT2D eigenvalue weighted by molar-refractivity contribution is 9.10. The first-order chi connectivity index (χ1) is 8.08. The molecule has 0 aliphatic carbocycles. The lowest BCUT2D eigenvalue weighted by Crippen LogP contribution is -2.15. The van der Waals surface area contributed by atoms with Gasteiger partial charge in [-0.15, -0.1) is 5.10 Å². The molecular weight excluding hydrogens is 308 g/mol. The summed E-state index contributed by atoms with van der Waals surface area (Å²) < 4.78 is 26.8. The van der Waals surface area contributed by atoms with E-state index in [2.05, 4.69) is 35.8 Å². The number of benzene rings is 1. The molecule has 1 aromatic carbocycles. The number of hydrogen-bond acceptors (Lipinski definition) is 5.